The second kappa shape index (κ2) is 12.2. The van der Waals surface area contributed by atoms with Crippen LogP contribution in [0.15, 0.2) is 42.7 Å². The molecule has 3 aromatic rings. The minimum Gasteiger partial charge on any atom is -0.349 e. The number of hydrogen-bond acceptors (Lipinski definition) is 5. The molecule has 1 N–H and O–H groups in total. The van der Waals surface area contributed by atoms with Gasteiger partial charge in [-0.1, -0.05) is 6.92 Å². The normalized spacial score (nSPS) is 10.3. The standard InChI is InChI=1S/C19H19FIN5O.2ClH/c1-2-26(12-13-5-6-22-18(20)9-13)8-7-23-19(27)17-11-24-16-10-14(21)3-4-15(16)25-17;;/h3-6,9-11H,2,7-8,12H2,1H3,(H,23,27);2*1H. The van der Waals surface area contributed by atoms with Gasteiger partial charge < -0.3 is 5.32 Å². The number of amides is 1. The molecular weight excluding hydrogens is 531 g/mol. The maximum absolute atomic E-state index is 13.2. The number of aromatic nitrogens is 3. The van der Waals surface area contributed by atoms with E-state index in [1.807, 2.05) is 25.1 Å². The number of carbonyl (C=O) groups excluding carboxylic acids is 1. The van der Waals surface area contributed by atoms with Crippen LogP contribution in [-0.4, -0.2) is 45.4 Å². The maximum atomic E-state index is 13.2. The van der Waals surface area contributed by atoms with Crippen LogP contribution in [0.2, 0.25) is 0 Å². The molecule has 0 saturated heterocycles. The number of benzene rings is 1. The number of hydrogen-bond donors (Lipinski definition) is 1. The molecule has 0 aliphatic carbocycles. The summed E-state index contributed by atoms with van der Waals surface area (Å²) >= 11 is 2.21. The molecule has 2 aromatic heterocycles. The zero-order valence-electron chi connectivity index (χ0n) is 15.6. The zero-order valence-corrected chi connectivity index (χ0v) is 19.4. The van der Waals surface area contributed by atoms with Crippen LogP contribution < -0.4 is 5.32 Å². The van der Waals surface area contributed by atoms with E-state index >= 15 is 0 Å². The van der Waals surface area contributed by atoms with Crippen molar-refractivity contribution in [3.05, 3.63) is 63.5 Å². The molecule has 29 heavy (non-hydrogen) atoms. The number of rotatable bonds is 7. The van der Waals surface area contributed by atoms with E-state index in [9.17, 15) is 9.18 Å². The molecule has 2 heterocycles. The molecule has 3 rings (SSSR count). The number of carbonyl (C=O) groups is 1. The van der Waals surface area contributed by atoms with E-state index < -0.39 is 5.95 Å². The molecule has 1 aromatic carbocycles. The third-order valence-electron chi connectivity index (χ3n) is 4.09. The van der Waals surface area contributed by atoms with Crippen LogP contribution in [0, 0.1) is 9.52 Å². The molecule has 0 atom stereocenters. The quantitative estimate of drug-likeness (QED) is 0.356. The van der Waals surface area contributed by atoms with E-state index in [-0.39, 0.29) is 30.7 Å². The van der Waals surface area contributed by atoms with E-state index in [1.54, 1.807) is 6.07 Å². The fraction of sp³-hybridized carbons (Fsp3) is 0.263. The van der Waals surface area contributed by atoms with Gasteiger partial charge in [0.2, 0.25) is 5.95 Å². The molecule has 0 spiro atoms. The first-order valence-corrected chi connectivity index (χ1v) is 9.66. The Balaban J connectivity index is 0.00000210. The predicted octanol–water partition coefficient (Wildman–Crippen LogP) is 3.86. The highest BCUT2D eigenvalue weighted by molar-refractivity contribution is 14.1. The SMILES string of the molecule is CCN(CCNC(=O)c1cnc2cc(I)ccc2n1)Cc1ccnc(F)c1.Cl.Cl. The molecule has 156 valence electrons. The van der Waals surface area contributed by atoms with Gasteiger partial charge in [-0.2, -0.15) is 4.39 Å². The van der Waals surface area contributed by atoms with Crippen LogP contribution in [0.1, 0.15) is 23.0 Å². The molecule has 1 amide bonds. The molecule has 0 aliphatic heterocycles. The van der Waals surface area contributed by atoms with Gasteiger partial charge in [-0.15, -0.1) is 24.8 Å². The van der Waals surface area contributed by atoms with Crippen LogP contribution in [0.25, 0.3) is 11.0 Å². The van der Waals surface area contributed by atoms with Crippen molar-refractivity contribution in [1.82, 2.24) is 25.2 Å². The lowest BCUT2D eigenvalue weighted by Crippen LogP contribution is -2.35. The molecule has 6 nitrogen and oxygen atoms in total. The summed E-state index contributed by atoms with van der Waals surface area (Å²) in [5, 5.41) is 2.87. The van der Waals surface area contributed by atoms with Crippen molar-refractivity contribution in [2.24, 2.45) is 0 Å². The summed E-state index contributed by atoms with van der Waals surface area (Å²) in [6, 6.07) is 8.92. The Kier molecular flexibility index (Phi) is 10.7. The van der Waals surface area contributed by atoms with Gasteiger partial charge in [-0.3, -0.25) is 14.7 Å². The Morgan fingerprint density at radius 3 is 2.69 bits per heavy atom. The number of fused-ring (bicyclic) bond motifs is 1. The number of nitrogens with zero attached hydrogens (tertiary/aromatic N) is 4. The molecule has 0 unspecified atom stereocenters. The van der Waals surface area contributed by atoms with Crippen LogP contribution in [-0.2, 0) is 6.54 Å². The van der Waals surface area contributed by atoms with Gasteiger partial charge in [-0.05, 0) is 65.0 Å². The Morgan fingerprint density at radius 2 is 1.97 bits per heavy atom. The Labute approximate surface area is 194 Å². The number of likely N-dealkylation sites (N-methyl/N-ethyl adjacent to an activating group) is 1. The van der Waals surface area contributed by atoms with Gasteiger partial charge in [0, 0.05) is 29.4 Å². The average molecular weight is 552 g/mol. The smallest absolute Gasteiger partial charge is 0.271 e. The molecule has 0 saturated carbocycles. The lowest BCUT2D eigenvalue weighted by Gasteiger charge is -2.20. The molecule has 10 heteroatoms. The highest BCUT2D eigenvalue weighted by Crippen LogP contribution is 2.13. The molecular formula is C19H21Cl2FIN5O. The van der Waals surface area contributed by atoms with Gasteiger partial charge in [0.05, 0.1) is 17.2 Å². The lowest BCUT2D eigenvalue weighted by molar-refractivity contribution is 0.0943. The summed E-state index contributed by atoms with van der Waals surface area (Å²) in [6.45, 7) is 4.52. The van der Waals surface area contributed by atoms with Crippen molar-refractivity contribution in [3.63, 3.8) is 0 Å². The second-order valence-corrected chi connectivity index (χ2v) is 7.25. The van der Waals surface area contributed by atoms with Crippen molar-refractivity contribution in [3.8, 4) is 0 Å². The summed E-state index contributed by atoms with van der Waals surface area (Å²) in [7, 11) is 0. The van der Waals surface area contributed by atoms with Crippen molar-refractivity contribution < 1.29 is 9.18 Å². The van der Waals surface area contributed by atoms with Crippen LogP contribution >= 0.6 is 47.4 Å². The summed E-state index contributed by atoms with van der Waals surface area (Å²) in [4.78, 5) is 26.7. The van der Waals surface area contributed by atoms with Crippen molar-refractivity contribution in [2.45, 2.75) is 13.5 Å². The third kappa shape index (κ3) is 7.29. The number of halogens is 4. The topological polar surface area (TPSA) is 71.0 Å². The van der Waals surface area contributed by atoms with Crippen LogP contribution in [0.4, 0.5) is 4.39 Å². The maximum Gasteiger partial charge on any atom is 0.271 e. The zero-order chi connectivity index (χ0) is 19.2. The first-order chi connectivity index (χ1) is 13.0. The average Bonchev–Trinajstić information content (AvgIpc) is 2.66. The fourth-order valence-corrected chi connectivity index (χ4v) is 3.13. The highest BCUT2D eigenvalue weighted by Gasteiger charge is 2.10. The molecule has 0 aliphatic rings. The van der Waals surface area contributed by atoms with E-state index in [4.69, 9.17) is 0 Å². The first-order valence-electron chi connectivity index (χ1n) is 8.58. The van der Waals surface area contributed by atoms with Crippen molar-refractivity contribution in [1.29, 1.82) is 0 Å². The summed E-state index contributed by atoms with van der Waals surface area (Å²) in [5.41, 5.74) is 2.60. The van der Waals surface area contributed by atoms with Crippen molar-refractivity contribution >= 4 is 64.3 Å². The highest BCUT2D eigenvalue weighted by atomic mass is 127. The van der Waals surface area contributed by atoms with E-state index in [1.165, 1.54) is 18.5 Å². The van der Waals surface area contributed by atoms with Crippen molar-refractivity contribution in [2.75, 3.05) is 19.6 Å². The number of nitrogens with one attached hydrogen (secondary N) is 1. The monoisotopic (exact) mass is 551 g/mol. The molecule has 0 fully saturated rings. The Morgan fingerprint density at radius 1 is 1.17 bits per heavy atom. The minimum absolute atomic E-state index is 0. The molecule has 0 radical (unpaired) electrons. The fourth-order valence-electron chi connectivity index (χ4n) is 2.66. The third-order valence-corrected chi connectivity index (χ3v) is 4.77. The second-order valence-electron chi connectivity index (χ2n) is 6.00. The van der Waals surface area contributed by atoms with E-state index in [0.717, 1.165) is 21.2 Å². The van der Waals surface area contributed by atoms with E-state index in [2.05, 4.69) is 47.8 Å². The van der Waals surface area contributed by atoms with Gasteiger partial charge in [0.25, 0.3) is 5.91 Å². The summed E-state index contributed by atoms with van der Waals surface area (Å²) in [5.74, 6) is -0.740. The van der Waals surface area contributed by atoms with Gasteiger partial charge in [0.15, 0.2) is 0 Å². The van der Waals surface area contributed by atoms with Gasteiger partial charge >= 0.3 is 0 Å². The van der Waals surface area contributed by atoms with Gasteiger partial charge in [0.1, 0.15) is 5.69 Å². The Bertz CT molecular complexity index is 963. The van der Waals surface area contributed by atoms with Crippen LogP contribution in [0.5, 0.6) is 0 Å². The number of pyridine rings is 1. The summed E-state index contributed by atoms with van der Waals surface area (Å²) in [6.07, 6.45) is 2.95. The molecule has 0 bridgehead atoms. The largest absolute Gasteiger partial charge is 0.349 e. The van der Waals surface area contributed by atoms with E-state index in [0.29, 0.717) is 30.8 Å². The Hall–Kier alpha value is -1.62. The minimum atomic E-state index is -0.485. The van der Waals surface area contributed by atoms with Gasteiger partial charge in [-0.25, -0.2) is 9.97 Å². The van der Waals surface area contributed by atoms with Crippen LogP contribution in [0.3, 0.4) is 0 Å². The summed E-state index contributed by atoms with van der Waals surface area (Å²) < 4.78 is 14.3. The lowest BCUT2D eigenvalue weighted by atomic mass is 10.2. The predicted molar refractivity (Wildman–Crippen MR) is 124 cm³/mol. The first kappa shape index (κ1) is 25.4.